The van der Waals surface area contributed by atoms with Crippen LogP contribution in [0.3, 0.4) is 0 Å². The monoisotopic (exact) mass is 904 g/mol. The van der Waals surface area contributed by atoms with E-state index < -0.39 is 0 Å². The fourth-order valence-electron chi connectivity index (χ4n) is 8.46. The molecule has 0 saturated carbocycles. The zero-order chi connectivity index (χ0) is 38.7. The van der Waals surface area contributed by atoms with Crippen molar-refractivity contribution in [3.05, 3.63) is 52.7 Å². The van der Waals surface area contributed by atoms with Crippen molar-refractivity contribution in [2.24, 2.45) is 11.8 Å². The van der Waals surface area contributed by atoms with Crippen LogP contribution in [0.15, 0.2) is 43.0 Å². The molecule has 2 aliphatic rings. The first-order chi connectivity index (χ1) is 26.3. The molecule has 0 spiro atoms. The van der Waals surface area contributed by atoms with Crippen molar-refractivity contribution in [2.75, 3.05) is 13.1 Å². The van der Waals surface area contributed by atoms with Gasteiger partial charge < -0.3 is 9.80 Å². The molecule has 4 rings (SSSR count). The van der Waals surface area contributed by atoms with Crippen LogP contribution in [-0.4, -0.2) is 34.7 Å². The lowest BCUT2D eigenvalue weighted by atomic mass is 9.93. The molecule has 0 radical (unpaired) electrons. The average molecular weight is 907 g/mol. The molecule has 2 amide bonds. The van der Waals surface area contributed by atoms with E-state index in [1.165, 1.54) is 128 Å². The number of unbranched alkanes of at least 4 members (excludes halogenated alkanes) is 16. The molecule has 4 nitrogen and oxygen atoms in total. The molecule has 0 aromatic carbocycles. The van der Waals surface area contributed by atoms with Crippen molar-refractivity contribution in [1.82, 2.24) is 9.80 Å². The van der Waals surface area contributed by atoms with Gasteiger partial charge in [-0.15, -0.1) is 22.7 Å². The van der Waals surface area contributed by atoms with Crippen LogP contribution in [0.25, 0.3) is 11.4 Å². The van der Waals surface area contributed by atoms with Gasteiger partial charge in [0.15, 0.2) is 0 Å². The smallest absolute Gasteiger partial charge is 0.261 e. The van der Waals surface area contributed by atoms with Gasteiger partial charge in [0.1, 0.15) is 0 Å². The third-order valence-electron chi connectivity index (χ3n) is 11.5. The number of hydrogen-bond acceptors (Lipinski definition) is 4. The number of nitrogens with zero attached hydrogens (tertiary/aromatic N) is 2. The molecule has 0 saturated heterocycles. The fraction of sp³-hybridized carbons (Fsp3) is 0.696. The Morgan fingerprint density at radius 2 is 0.759 bits per heavy atom. The number of rotatable bonds is 30. The van der Waals surface area contributed by atoms with E-state index in [9.17, 15) is 0 Å². The Morgan fingerprint density at radius 1 is 0.463 bits per heavy atom. The minimum atomic E-state index is 0.0248. The lowest BCUT2D eigenvalue weighted by Gasteiger charge is -2.29. The Hall–Kier alpha value is -1.22. The lowest BCUT2D eigenvalue weighted by Crippen LogP contribution is -2.34. The molecule has 0 unspecified atom stereocenters. The molecule has 8 heteroatoms. The molecule has 2 aliphatic heterocycles. The fourth-order valence-corrected chi connectivity index (χ4v) is 11.3. The zero-order valence-electron chi connectivity index (χ0n) is 34.1. The standard InChI is InChI=1S/C46H70Br2N2O2S2/c1-5-9-13-17-19-23-27-35(25-21-15-11-7-3)33-49-43(37-29-31-39(47)53-37)41-42(45(49)51)44(38-30-32-40(48)54-38)50(46(41)52)34-36(26-22-16-12-8-4)28-24-20-18-14-10-6-2/h29-32,35-36H,5-28,33-34H2,1-4H3/t35-,36-/m0/s1. The first-order valence-electron chi connectivity index (χ1n) is 22.0. The molecule has 2 aromatic heterocycles. The highest BCUT2D eigenvalue weighted by molar-refractivity contribution is 9.11. The maximum Gasteiger partial charge on any atom is 0.261 e. The van der Waals surface area contributed by atoms with Gasteiger partial charge in [0.25, 0.3) is 11.8 Å². The summed E-state index contributed by atoms with van der Waals surface area (Å²) in [5.41, 5.74) is 2.98. The first kappa shape index (κ1) is 45.5. The van der Waals surface area contributed by atoms with Gasteiger partial charge in [-0.2, -0.15) is 0 Å². The summed E-state index contributed by atoms with van der Waals surface area (Å²) >= 11 is 10.7. The normalized spacial score (nSPS) is 15.7. The third-order valence-corrected chi connectivity index (χ3v) is 14.8. The van der Waals surface area contributed by atoms with Crippen LogP contribution in [0.2, 0.25) is 0 Å². The highest BCUT2D eigenvalue weighted by Crippen LogP contribution is 2.50. The second-order valence-corrected chi connectivity index (χ2v) is 21.0. The van der Waals surface area contributed by atoms with E-state index in [0.717, 1.165) is 54.4 Å². The summed E-state index contributed by atoms with van der Waals surface area (Å²) < 4.78 is 2.05. The maximum atomic E-state index is 15.1. The van der Waals surface area contributed by atoms with Crippen LogP contribution in [-0.2, 0) is 9.59 Å². The van der Waals surface area contributed by atoms with Crippen molar-refractivity contribution in [3.63, 3.8) is 0 Å². The van der Waals surface area contributed by atoms with Crippen LogP contribution in [0.1, 0.15) is 192 Å². The summed E-state index contributed by atoms with van der Waals surface area (Å²) in [6.07, 6.45) is 29.8. The number of carbonyl (C=O) groups excluding carboxylic acids is 2. The summed E-state index contributed by atoms with van der Waals surface area (Å²) in [6, 6.07) is 8.35. The number of hydrogen-bond donors (Lipinski definition) is 0. The molecule has 2 aromatic rings. The van der Waals surface area contributed by atoms with Gasteiger partial charge in [-0.1, -0.05) is 156 Å². The van der Waals surface area contributed by atoms with Crippen molar-refractivity contribution < 1.29 is 9.59 Å². The van der Waals surface area contributed by atoms with E-state index >= 15 is 9.59 Å². The Labute approximate surface area is 354 Å². The Balaban J connectivity index is 1.69. The number of amides is 2. The van der Waals surface area contributed by atoms with Crippen LogP contribution in [0, 0.1) is 11.8 Å². The van der Waals surface area contributed by atoms with Gasteiger partial charge in [-0.25, -0.2) is 0 Å². The number of carbonyl (C=O) groups is 2. The van der Waals surface area contributed by atoms with Crippen molar-refractivity contribution >= 4 is 77.7 Å². The summed E-state index contributed by atoms with van der Waals surface area (Å²) in [7, 11) is 0. The lowest BCUT2D eigenvalue weighted by molar-refractivity contribution is -0.124. The summed E-state index contributed by atoms with van der Waals surface area (Å²) in [4.78, 5) is 36.3. The van der Waals surface area contributed by atoms with Gasteiger partial charge in [0.05, 0.1) is 39.9 Å². The second kappa shape index (κ2) is 25.2. The van der Waals surface area contributed by atoms with Crippen LogP contribution >= 0.6 is 54.5 Å². The number of thiophene rings is 2. The minimum absolute atomic E-state index is 0.0248. The predicted molar refractivity (Wildman–Crippen MR) is 242 cm³/mol. The first-order valence-corrected chi connectivity index (χ1v) is 25.2. The molecule has 54 heavy (non-hydrogen) atoms. The topological polar surface area (TPSA) is 40.6 Å². The largest absolute Gasteiger partial charge is 0.306 e. The van der Waals surface area contributed by atoms with Crippen molar-refractivity contribution in [3.8, 4) is 0 Å². The molecule has 0 fully saturated rings. The van der Waals surface area contributed by atoms with Gasteiger partial charge >= 0.3 is 0 Å². The molecule has 4 heterocycles. The Kier molecular flexibility index (Phi) is 21.2. The van der Waals surface area contributed by atoms with Gasteiger partial charge in [0, 0.05) is 13.1 Å². The summed E-state index contributed by atoms with van der Waals surface area (Å²) in [6.45, 7) is 10.5. The van der Waals surface area contributed by atoms with Crippen LogP contribution < -0.4 is 0 Å². The van der Waals surface area contributed by atoms with Gasteiger partial charge in [-0.3, -0.25) is 9.59 Å². The van der Waals surface area contributed by atoms with E-state index in [4.69, 9.17) is 0 Å². The van der Waals surface area contributed by atoms with E-state index in [-0.39, 0.29) is 11.8 Å². The molecule has 0 aliphatic carbocycles. The van der Waals surface area contributed by atoms with Gasteiger partial charge in [0.2, 0.25) is 0 Å². The van der Waals surface area contributed by atoms with Crippen molar-refractivity contribution in [1.29, 1.82) is 0 Å². The van der Waals surface area contributed by atoms with Gasteiger partial charge in [-0.05, 0) is 93.6 Å². The second-order valence-electron chi connectivity index (χ2n) is 16.0. The third kappa shape index (κ3) is 13.4. The molecular formula is C46H70Br2N2O2S2. The highest BCUT2D eigenvalue weighted by Gasteiger charge is 2.50. The number of fused-ring (bicyclic) bond motifs is 1. The van der Waals surface area contributed by atoms with E-state index in [1.807, 2.05) is 9.80 Å². The Bertz CT molecular complexity index is 1380. The van der Waals surface area contributed by atoms with E-state index in [0.29, 0.717) is 36.1 Å². The molecule has 0 bridgehead atoms. The number of halogens is 2. The maximum absolute atomic E-state index is 15.1. The Morgan fingerprint density at radius 3 is 1.06 bits per heavy atom. The molecular weight excluding hydrogens is 836 g/mol. The summed E-state index contributed by atoms with van der Waals surface area (Å²) in [5.74, 6) is 0.894. The van der Waals surface area contributed by atoms with Crippen molar-refractivity contribution in [2.45, 2.75) is 182 Å². The van der Waals surface area contributed by atoms with Crippen LogP contribution in [0.4, 0.5) is 0 Å². The van der Waals surface area contributed by atoms with E-state index in [2.05, 4.69) is 83.8 Å². The highest BCUT2D eigenvalue weighted by atomic mass is 79.9. The molecule has 302 valence electrons. The van der Waals surface area contributed by atoms with E-state index in [1.54, 1.807) is 22.7 Å². The predicted octanol–water partition coefficient (Wildman–Crippen LogP) is 15.8. The SMILES string of the molecule is CCCCCCCC[C@H](CCCCCC)CN1C(=O)C2=C(c3ccc(Br)s3)N(C[C@@H](CCCCCC)CCCCCCCC)C(=O)C2=C1c1ccc(Br)s1. The molecule has 2 atom stereocenters. The van der Waals surface area contributed by atoms with Crippen LogP contribution in [0.5, 0.6) is 0 Å². The quantitative estimate of drug-likeness (QED) is 0.0733. The summed E-state index contributed by atoms with van der Waals surface area (Å²) in [5, 5.41) is 0. The molecule has 0 N–H and O–H groups in total. The average Bonchev–Trinajstić information content (AvgIpc) is 3.92. The minimum Gasteiger partial charge on any atom is -0.306 e. The zero-order valence-corrected chi connectivity index (χ0v) is 38.9.